The second-order valence-corrected chi connectivity index (χ2v) is 9.34. The number of likely N-dealkylation sites (tertiary alicyclic amines) is 1. The Balaban J connectivity index is 1.46. The molecule has 4 rings (SSSR count). The Hall–Kier alpha value is -2.90. The van der Waals surface area contributed by atoms with E-state index in [0.29, 0.717) is 24.6 Å². The number of rotatable bonds is 5. The summed E-state index contributed by atoms with van der Waals surface area (Å²) >= 11 is 0. The van der Waals surface area contributed by atoms with E-state index in [9.17, 15) is 9.59 Å². The lowest BCUT2D eigenvalue weighted by molar-refractivity contribution is -0.129. The van der Waals surface area contributed by atoms with Gasteiger partial charge in [0.25, 0.3) is 0 Å². The molecule has 2 aromatic heterocycles. The van der Waals surface area contributed by atoms with Crippen LogP contribution in [0.5, 0.6) is 0 Å². The molecule has 2 saturated heterocycles. The van der Waals surface area contributed by atoms with Crippen molar-refractivity contribution in [3.8, 4) is 0 Å². The lowest BCUT2D eigenvalue weighted by atomic mass is 9.98. The van der Waals surface area contributed by atoms with E-state index in [1.165, 1.54) is 0 Å². The Morgan fingerprint density at radius 1 is 1.22 bits per heavy atom. The molecule has 1 N–H and O–H groups in total. The largest absolute Gasteiger partial charge is 0.361 e. The highest BCUT2D eigenvalue weighted by Crippen LogP contribution is 2.33. The van der Waals surface area contributed by atoms with Crippen LogP contribution in [0.25, 0.3) is 0 Å². The summed E-state index contributed by atoms with van der Waals surface area (Å²) in [5, 5.41) is 6.87. The fraction of sp³-hybridized carbons (Fsp3) is 0.583. The van der Waals surface area contributed by atoms with Crippen LogP contribution in [-0.4, -0.2) is 52.5 Å². The average molecular weight is 440 g/mol. The number of hydrogen-bond donors (Lipinski definition) is 1. The van der Waals surface area contributed by atoms with Crippen LogP contribution < -0.4 is 10.2 Å². The molecule has 0 spiro atoms. The molecule has 2 aliphatic heterocycles. The smallest absolute Gasteiger partial charge is 0.227 e. The highest BCUT2D eigenvalue weighted by molar-refractivity contribution is 5.91. The maximum Gasteiger partial charge on any atom is 0.227 e. The zero-order chi connectivity index (χ0) is 22.8. The standard InChI is InChI=1S/C24H33N5O3/c1-15(2)24(31)26-19-8-9-22(25-12-19)29-10-6-5-7-18-13-28(14-21(18)29)23(30)11-20-16(3)27-32-17(20)4/h8-9,12,15,18,21H,5-7,10-11,13-14H2,1-4H3,(H,26,31)/t18-,21+/m1/s1. The number of anilines is 2. The van der Waals surface area contributed by atoms with Gasteiger partial charge in [-0.15, -0.1) is 0 Å². The first-order valence-corrected chi connectivity index (χ1v) is 11.6. The highest BCUT2D eigenvalue weighted by Gasteiger charge is 2.40. The second-order valence-electron chi connectivity index (χ2n) is 9.34. The van der Waals surface area contributed by atoms with Crippen molar-refractivity contribution in [3.63, 3.8) is 0 Å². The van der Waals surface area contributed by atoms with Gasteiger partial charge >= 0.3 is 0 Å². The lowest BCUT2D eigenvalue weighted by Crippen LogP contribution is -2.41. The molecule has 0 bridgehead atoms. The predicted octanol–water partition coefficient (Wildman–Crippen LogP) is 3.34. The fourth-order valence-electron chi connectivity index (χ4n) is 4.77. The Labute approximate surface area is 189 Å². The molecular weight excluding hydrogens is 406 g/mol. The molecule has 0 saturated carbocycles. The fourth-order valence-corrected chi connectivity index (χ4v) is 4.77. The van der Waals surface area contributed by atoms with Crippen LogP contribution in [0.1, 0.15) is 50.1 Å². The molecule has 8 nitrogen and oxygen atoms in total. The number of amides is 2. The topological polar surface area (TPSA) is 91.6 Å². The first-order valence-electron chi connectivity index (χ1n) is 11.6. The third kappa shape index (κ3) is 4.64. The van der Waals surface area contributed by atoms with Crippen molar-refractivity contribution in [1.29, 1.82) is 0 Å². The molecule has 0 radical (unpaired) electrons. The molecular formula is C24H33N5O3. The van der Waals surface area contributed by atoms with Gasteiger partial charge in [0.1, 0.15) is 11.6 Å². The van der Waals surface area contributed by atoms with Gasteiger partial charge < -0.3 is 19.6 Å². The Morgan fingerprint density at radius 2 is 2.03 bits per heavy atom. The molecule has 32 heavy (non-hydrogen) atoms. The third-order valence-corrected chi connectivity index (χ3v) is 6.73. The summed E-state index contributed by atoms with van der Waals surface area (Å²) in [6.45, 7) is 9.90. The van der Waals surface area contributed by atoms with E-state index in [2.05, 4.69) is 20.4 Å². The second kappa shape index (κ2) is 9.30. The summed E-state index contributed by atoms with van der Waals surface area (Å²) in [4.78, 5) is 34.0. The number of aryl methyl sites for hydroxylation is 2. The van der Waals surface area contributed by atoms with Gasteiger partial charge in [-0.2, -0.15) is 0 Å². The van der Waals surface area contributed by atoms with E-state index in [-0.39, 0.29) is 23.8 Å². The van der Waals surface area contributed by atoms with E-state index in [1.807, 2.05) is 44.7 Å². The molecule has 172 valence electrons. The quantitative estimate of drug-likeness (QED) is 0.768. The molecule has 8 heteroatoms. The van der Waals surface area contributed by atoms with Crippen molar-refractivity contribution < 1.29 is 14.1 Å². The van der Waals surface area contributed by atoms with Crippen molar-refractivity contribution >= 4 is 23.3 Å². The van der Waals surface area contributed by atoms with Gasteiger partial charge in [-0.1, -0.05) is 25.4 Å². The maximum atomic E-state index is 13.1. The van der Waals surface area contributed by atoms with Crippen LogP contribution in [0.4, 0.5) is 11.5 Å². The molecule has 2 amide bonds. The summed E-state index contributed by atoms with van der Waals surface area (Å²) in [6.07, 6.45) is 5.46. The van der Waals surface area contributed by atoms with Gasteiger partial charge in [0.2, 0.25) is 11.8 Å². The number of hydrogen-bond acceptors (Lipinski definition) is 6. The molecule has 2 aliphatic rings. The van der Waals surface area contributed by atoms with E-state index in [1.54, 1.807) is 6.20 Å². The molecule has 0 aliphatic carbocycles. The van der Waals surface area contributed by atoms with Crippen LogP contribution in [-0.2, 0) is 16.0 Å². The first kappa shape index (κ1) is 22.3. The minimum absolute atomic E-state index is 0.0161. The van der Waals surface area contributed by atoms with Crippen LogP contribution in [0.3, 0.4) is 0 Å². The van der Waals surface area contributed by atoms with Gasteiger partial charge in [0, 0.05) is 31.1 Å². The predicted molar refractivity (Wildman–Crippen MR) is 122 cm³/mol. The van der Waals surface area contributed by atoms with Gasteiger partial charge in [0.15, 0.2) is 0 Å². The van der Waals surface area contributed by atoms with Crippen LogP contribution in [0.2, 0.25) is 0 Å². The number of aromatic nitrogens is 2. The zero-order valence-electron chi connectivity index (χ0n) is 19.4. The summed E-state index contributed by atoms with van der Waals surface area (Å²) in [6, 6.07) is 4.15. The SMILES string of the molecule is Cc1noc(C)c1CC(=O)N1C[C@H]2CCCCN(c3ccc(NC(=O)C(C)C)cn3)[C@H]2C1. The molecule has 2 fully saturated rings. The van der Waals surface area contributed by atoms with Crippen molar-refractivity contribution in [2.45, 2.75) is 59.4 Å². The maximum absolute atomic E-state index is 13.1. The molecule has 0 aromatic carbocycles. The minimum Gasteiger partial charge on any atom is -0.361 e. The lowest BCUT2D eigenvalue weighted by Gasteiger charge is -2.31. The normalized spacial score (nSPS) is 20.9. The van der Waals surface area contributed by atoms with E-state index < -0.39 is 0 Å². The van der Waals surface area contributed by atoms with Crippen molar-refractivity contribution in [3.05, 3.63) is 35.3 Å². The zero-order valence-corrected chi connectivity index (χ0v) is 19.4. The van der Waals surface area contributed by atoms with E-state index in [4.69, 9.17) is 4.52 Å². The summed E-state index contributed by atoms with van der Waals surface area (Å²) in [5.74, 6) is 2.11. The number of fused-ring (bicyclic) bond motifs is 1. The molecule has 2 atom stereocenters. The Bertz CT molecular complexity index is 949. The highest BCUT2D eigenvalue weighted by atomic mass is 16.5. The van der Waals surface area contributed by atoms with Gasteiger partial charge in [-0.3, -0.25) is 9.59 Å². The molecule has 2 aromatic rings. The number of nitrogens with zero attached hydrogens (tertiary/aromatic N) is 4. The molecule has 0 unspecified atom stereocenters. The Morgan fingerprint density at radius 3 is 2.69 bits per heavy atom. The number of pyridine rings is 1. The number of carbonyl (C=O) groups excluding carboxylic acids is 2. The van der Waals surface area contributed by atoms with Crippen molar-refractivity contribution in [2.75, 3.05) is 29.9 Å². The van der Waals surface area contributed by atoms with Crippen molar-refractivity contribution in [1.82, 2.24) is 15.0 Å². The van der Waals surface area contributed by atoms with E-state index in [0.717, 1.165) is 55.2 Å². The number of carbonyl (C=O) groups is 2. The van der Waals surface area contributed by atoms with Crippen LogP contribution >= 0.6 is 0 Å². The monoisotopic (exact) mass is 439 g/mol. The summed E-state index contributed by atoms with van der Waals surface area (Å²) in [7, 11) is 0. The average Bonchev–Trinajstić information content (AvgIpc) is 3.26. The summed E-state index contributed by atoms with van der Waals surface area (Å²) in [5.41, 5.74) is 2.40. The van der Waals surface area contributed by atoms with Gasteiger partial charge in [-0.05, 0) is 44.7 Å². The van der Waals surface area contributed by atoms with E-state index >= 15 is 0 Å². The Kier molecular flexibility index (Phi) is 6.48. The van der Waals surface area contributed by atoms with Gasteiger partial charge in [0.05, 0.1) is 30.0 Å². The third-order valence-electron chi connectivity index (χ3n) is 6.73. The van der Waals surface area contributed by atoms with Crippen LogP contribution in [0, 0.1) is 25.7 Å². The van der Waals surface area contributed by atoms with Gasteiger partial charge in [-0.25, -0.2) is 4.98 Å². The number of nitrogens with one attached hydrogen (secondary N) is 1. The van der Waals surface area contributed by atoms with Crippen LogP contribution in [0.15, 0.2) is 22.9 Å². The molecule has 4 heterocycles. The minimum atomic E-state index is -0.0755. The first-order chi connectivity index (χ1) is 15.3. The summed E-state index contributed by atoms with van der Waals surface area (Å²) < 4.78 is 5.23. The van der Waals surface area contributed by atoms with Crippen molar-refractivity contribution in [2.24, 2.45) is 11.8 Å².